The van der Waals surface area contributed by atoms with Crippen molar-refractivity contribution in [1.82, 2.24) is 4.31 Å². The van der Waals surface area contributed by atoms with Gasteiger partial charge in [0.1, 0.15) is 0 Å². The third kappa shape index (κ3) is 9.89. The van der Waals surface area contributed by atoms with Gasteiger partial charge in [-0.15, -0.1) is 0 Å². The third-order valence-corrected chi connectivity index (χ3v) is 8.05. The van der Waals surface area contributed by atoms with Crippen LogP contribution < -0.4 is 0 Å². The molecule has 0 aliphatic rings. The van der Waals surface area contributed by atoms with E-state index >= 15 is 0 Å². The van der Waals surface area contributed by atoms with Crippen LogP contribution in [0.4, 0.5) is 53.1 Å². The molecule has 0 radical (unpaired) electrons. The average Bonchev–Trinajstić information content (AvgIpc) is 2.72. The number of amides is 1. The number of alkyl halides is 11. The number of hydrogen-bond donors (Lipinski definition) is 1. The predicted octanol–water partition coefficient (Wildman–Crippen LogP) is 6.59. The number of carbonyl (C=O) groups is 1. The highest BCUT2D eigenvalue weighted by Crippen LogP contribution is 2.55. The number of thiol groups is 1. The molecule has 0 rings (SSSR count). The Morgan fingerprint density at radius 3 is 1.68 bits per heavy atom. The van der Waals surface area contributed by atoms with Gasteiger partial charge in [-0.05, 0) is 27.2 Å². The molecule has 222 valence electrons. The molecule has 0 atom stereocenters. The van der Waals surface area contributed by atoms with Crippen LogP contribution in [0, 0.1) is 0 Å². The minimum atomic E-state index is -7.29. The predicted molar refractivity (Wildman–Crippen MR) is 112 cm³/mol. The molecule has 0 heterocycles. The normalized spacial score (nSPS) is 14.1. The summed E-state index contributed by atoms with van der Waals surface area (Å²) in [6, 6.07) is 0.219. The molecule has 0 aliphatic carbocycles. The van der Waals surface area contributed by atoms with Gasteiger partial charge in [0.05, 0.1) is 13.0 Å². The van der Waals surface area contributed by atoms with Crippen molar-refractivity contribution in [2.45, 2.75) is 75.9 Å². The molecule has 0 bridgehead atoms. The molecular weight excluding hydrogens is 579 g/mol. The Morgan fingerprint density at radius 1 is 0.811 bits per heavy atom. The van der Waals surface area contributed by atoms with E-state index in [1.165, 1.54) is 0 Å². The van der Waals surface area contributed by atoms with Gasteiger partial charge in [-0.25, -0.2) is 13.6 Å². The molecule has 1 amide bonds. The number of carbonyl (C=O) groups excluding carboxylic acids is 1. The fourth-order valence-corrected chi connectivity index (χ4v) is 5.62. The third-order valence-electron chi connectivity index (χ3n) is 4.54. The average molecular weight is 608 g/mol. The van der Waals surface area contributed by atoms with Crippen molar-refractivity contribution in [2.75, 3.05) is 33.0 Å². The van der Waals surface area contributed by atoms with Crippen molar-refractivity contribution in [2.24, 2.45) is 0 Å². The second kappa shape index (κ2) is 13.8. The lowest BCUT2D eigenvalue weighted by Crippen LogP contribution is -2.61. The van der Waals surface area contributed by atoms with Gasteiger partial charge in [0.25, 0.3) is 5.92 Å². The van der Waals surface area contributed by atoms with Crippen LogP contribution in [-0.4, -0.2) is 82.0 Å². The molecule has 37 heavy (non-hydrogen) atoms. The van der Waals surface area contributed by atoms with Gasteiger partial charge in [0, 0.05) is 38.8 Å². The lowest BCUT2D eigenvalue weighted by atomic mass is 9.97. The van der Waals surface area contributed by atoms with Crippen molar-refractivity contribution in [1.29, 1.82) is 0 Å². The van der Waals surface area contributed by atoms with E-state index in [0.717, 1.165) is 0 Å². The zero-order valence-electron chi connectivity index (χ0n) is 20.0. The minimum absolute atomic E-state index is 0.156. The quantitative estimate of drug-likeness (QED) is 0.115. The lowest BCUT2D eigenvalue weighted by Gasteiger charge is -2.35. The lowest BCUT2D eigenvalue weighted by molar-refractivity contribution is -0.401. The van der Waals surface area contributed by atoms with E-state index in [4.69, 9.17) is 13.3 Å². The summed E-state index contributed by atoms with van der Waals surface area (Å²) < 4.78 is 165. The molecule has 0 N–H and O–H groups in total. The van der Waals surface area contributed by atoms with E-state index in [-0.39, 0.29) is 38.8 Å². The molecule has 0 saturated heterocycles. The minimum Gasteiger partial charge on any atom is -0.449 e. The second-order valence-electron chi connectivity index (χ2n) is 7.46. The van der Waals surface area contributed by atoms with Gasteiger partial charge in [0.2, 0.25) is 0 Å². The monoisotopic (exact) mass is 607 g/mol. The number of ether oxygens (including phenoxy) is 1. The summed E-state index contributed by atoms with van der Waals surface area (Å²) in [7, 11) is -3.08. The summed E-state index contributed by atoms with van der Waals surface area (Å²) in [5.74, 6) is -25.8. The van der Waals surface area contributed by atoms with Gasteiger partial charge in [-0.3, -0.25) is 4.31 Å². The first-order chi connectivity index (χ1) is 16.7. The van der Waals surface area contributed by atoms with Crippen LogP contribution in [0.25, 0.3) is 0 Å². The first-order valence-corrected chi connectivity index (χ1v) is 13.1. The Balaban J connectivity index is 4.95. The van der Waals surface area contributed by atoms with Gasteiger partial charge >= 0.3 is 38.8 Å². The Bertz CT molecular complexity index is 699. The Morgan fingerprint density at radius 2 is 1.27 bits per heavy atom. The van der Waals surface area contributed by atoms with E-state index in [2.05, 4.69) is 17.6 Å². The second-order valence-corrected chi connectivity index (χ2v) is 10.7. The number of halogens is 11. The fourth-order valence-electron chi connectivity index (χ4n) is 2.83. The molecule has 0 aromatic carbocycles. The molecule has 0 saturated carbocycles. The van der Waals surface area contributed by atoms with Gasteiger partial charge in [-0.1, -0.05) is 12.8 Å². The molecule has 19 heteroatoms. The van der Waals surface area contributed by atoms with Crippen LogP contribution in [0.3, 0.4) is 0 Å². The van der Waals surface area contributed by atoms with E-state index in [9.17, 15) is 53.1 Å². The van der Waals surface area contributed by atoms with Crippen LogP contribution in [0.5, 0.6) is 0 Å². The summed E-state index contributed by atoms with van der Waals surface area (Å²) in [4.78, 5) is 11.9. The summed E-state index contributed by atoms with van der Waals surface area (Å²) >= 11 is 3.78. The largest absolute Gasteiger partial charge is 0.500 e. The van der Waals surface area contributed by atoms with Crippen molar-refractivity contribution >= 4 is 27.7 Å². The highest BCUT2D eigenvalue weighted by atomic mass is 32.1. The van der Waals surface area contributed by atoms with Crippen LogP contribution in [0.1, 0.15) is 40.0 Å². The summed E-state index contributed by atoms with van der Waals surface area (Å²) in [6.45, 7) is 4.40. The molecule has 0 spiro atoms. The molecule has 0 unspecified atom stereocenters. The van der Waals surface area contributed by atoms with Gasteiger partial charge < -0.3 is 18.0 Å². The van der Waals surface area contributed by atoms with Crippen molar-refractivity contribution in [3.05, 3.63) is 0 Å². The smallest absolute Gasteiger partial charge is 0.449 e. The van der Waals surface area contributed by atoms with E-state index < -0.39 is 64.2 Å². The summed E-state index contributed by atoms with van der Waals surface area (Å²) in [6.07, 6.45) is -13.5. The first-order valence-electron chi connectivity index (χ1n) is 10.8. The van der Waals surface area contributed by atoms with Crippen LogP contribution >= 0.6 is 12.8 Å². The summed E-state index contributed by atoms with van der Waals surface area (Å²) in [5.41, 5.74) is 0. The zero-order chi connectivity index (χ0) is 29.3. The SMILES string of the molecule is CCO[Si](CCCN(S)C(=O)OCCC(F)(F)CC(F)(F)C(F)(F)C(F)(F)C(F)(F)F)(OCC)OCC. The molecule has 0 aromatic heterocycles. The van der Waals surface area contributed by atoms with Crippen LogP contribution in [-0.2, 0) is 18.0 Å². The first kappa shape index (κ1) is 35.9. The van der Waals surface area contributed by atoms with E-state index in [1.807, 2.05) is 0 Å². The maximum absolute atomic E-state index is 13.7. The molecule has 6 nitrogen and oxygen atoms in total. The highest BCUT2D eigenvalue weighted by Gasteiger charge is 2.82. The van der Waals surface area contributed by atoms with Gasteiger partial charge in [-0.2, -0.15) is 39.5 Å². The van der Waals surface area contributed by atoms with Crippen LogP contribution in [0.15, 0.2) is 0 Å². The standard InChI is InChI=1S/C18H28F11NO5SSi/c1-4-33-37(34-5-2,35-6-3)11-7-9-30(36)13(31)32-10-8-14(19,20)12-15(21,22)16(23,24)17(25,26)18(27,28)29/h36H,4-12H2,1-3H3. The molecular formula is C18H28F11NO5SSi. The Kier molecular flexibility index (Phi) is 13.4. The zero-order valence-corrected chi connectivity index (χ0v) is 21.9. The number of nitrogens with zero attached hydrogens (tertiary/aromatic N) is 1. The maximum atomic E-state index is 13.7. The molecule has 0 fully saturated rings. The highest BCUT2D eigenvalue weighted by molar-refractivity contribution is 7.78. The topological polar surface area (TPSA) is 57.2 Å². The van der Waals surface area contributed by atoms with E-state index in [1.54, 1.807) is 20.8 Å². The summed E-state index contributed by atoms with van der Waals surface area (Å²) in [5, 5.41) is 0. The Hall–Kier alpha value is -1.05. The maximum Gasteiger partial charge on any atom is 0.500 e. The number of hydrogen-bond acceptors (Lipinski definition) is 6. The van der Waals surface area contributed by atoms with Gasteiger partial charge in [0.15, 0.2) is 0 Å². The van der Waals surface area contributed by atoms with E-state index in [0.29, 0.717) is 4.31 Å². The van der Waals surface area contributed by atoms with Crippen LogP contribution in [0.2, 0.25) is 6.04 Å². The molecule has 0 aliphatic heterocycles. The molecule has 0 aromatic rings. The Labute approximate surface area is 212 Å². The number of rotatable bonds is 17. The fraction of sp³-hybridized carbons (Fsp3) is 0.944. The van der Waals surface area contributed by atoms with Crippen molar-refractivity contribution in [3.8, 4) is 0 Å². The van der Waals surface area contributed by atoms with Crippen molar-refractivity contribution in [3.63, 3.8) is 0 Å². The van der Waals surface area contributed by atoms with Crippen molar-refractivity contribution < 1.29 is 71.1 Å².